The summed E-state index contributed by atoms with van der Waals surface area (Å²) in [7, 11) is 0. The van der Waals surface area contributed by atoms with E-state index in [2.05, 4.69) is 15.6 Å². The van der Waals surface area contributed by atoms with Crippen molar-refractivity contribution in [2.24, 2.45) is 0 Å². The Morgan fingerprint density at radius 1 is 1.27 bits per heavy atom. The number of alkyl halides is 3. The fraction of sp³-hybridized carbons (Fsp3) is 0.400. The number of carbonyl (C=O) groups excluding carboxylic acids is 1. The molecule has 0 bridgehead atoms. The predicted octanol–water partition coefficient (Wildman–Crippen LogP) is 5.77. The van der Waals surface area contributed by atoms with Crippen LogP contribution in [0, 0.1) is 0 Å². The first-order valence-electron chi connectivity index (χ1n) is 9.39. The quantitative estimate of drug-likeness (QED) is 0.293. The topological polar surface area (TPSA) is 72.5 Å². The number of rotatable bonds is 7. The Morgan fingerprint density at radius 2 is 2.07 bits per heavy atom. The number of amides is 1. The Bertz CT molecular complexity index is 964. The van der Waals surface area contributed by atoms with E-state index < -0.39 is 9.52 Å². The highest BCUT2D eigenvalue weighted by Crippen LogP contribution is 2.44. The number of pyridine rings is 1. The molecule has 1 amide bonds. The highest BCUT2D eigenvalue weighted by molar-refractivity contribution is 7.98. The first-order valence-corrected chi connectivity index (χ1v) is 11.8. The Balaban J connectivity index is 1.50. The average Bonchev–Trinajstić information content (AvgIpc) is 3.47. The van der Waals surface area contributed by atoms with Crippen LogP contribution in [-0.4, -0.2) is 33.3 Å². The van der Waals surface area contributed by atoms with E-state index in [9.17, 15) is 4.79 Å². The number of hydrogen-bond donors (Lipinski definition) is 2. The molecule has 1 fully saturated rings. The summed E-state index contributed by atoms with van der Waals surface area (Å²) in [5.74, 6) is 1.92. The average molecular weight is 489 g/mol. The molecule has 1 aromatic heterocycles. The summed E-state index contributed by atoms with van der Waals surface area (Å²) >= 11 is 19.0. The lowest BCUT2D eigenvalue weighted by Crippen LogP contribution is -2.29. The summed E-state index contributed by atoms with van der Waals surface area (Å²) < 4.78 is 10.5. The lowest BCUT2D eigenvalue weighted by molar-refractivity contribution is -0.116. The second-order valence-corrected chi connectivity index (χ2v) is 10.5. The van der Waals surface area contributed by atoms with Crippen LogP contribution in [0.1, 0.15) is 24.8 Å². The Morgan fingerprint density at radius 3 is 2.77 bits per heavy atom. The number of hydrogen-bond acceptors (Lipinski definition) is 6. The summed E-state index contributed by atoms with van der Waals surface area (Å²) in [5.41, 5.74) is 1.34. The van der Waals surface area contributed by atoms with Gasteiger partial charge in [-0.3, -0.25) is 4.79 Å². The van der Waals surface area contributed by atoms with E-state index in [4.69, 9.17) is 44.3 Å². The number of ether oxygens (including phenoxy) is 2. The third-order valence-electron chi connectivity index (χ3n) is 4.85. The van der Waals surface area contributed by atoms with Crippen molar-refractivity contribution < 1.29 is 14.3 Å². The summed E-state index contributed by atoms with van der Waals surface area (Å²) in [6, 6.07) is 7.62. The number of halogens is 3. The SMILES string of the molecule is CSc1cc(Oc2ccnc3c2CCC(=O)N3)ccc1NC1(OCC(Cl)(Cl)Cl)CC1. The van der Waals surface area contributed by atoms with Gasteiger partial charge in [0.1, 0.15) is 23.0 Å². The minimum Gasteiger partial charge on any atom is -0.457 e. The number of fused-ring (bicyclic) bond motifs is 1. The van der Waals surface area contributed by atoms with E-state index in [1.165, 1.54) is 0 Å². The second-order valence-electron chi connectivity index (χ2n) is 7.17. The number of nitrogens with zero attached hydrogens (tertiary/aromatic N) is 1. The first-order chi connectivity index (χ1) is 14.3. The minimum absolute atomic E-state index is 0.0180. The van der Waals surface area contributed by atoms with Crippen molar-refractivity contribution >= 4 is 64.0 Å². The van der Waals surface area contributed by atoms with E-state index in [1.54, 1.807) is 18.0 Å². The second kappa shape index (κ2) is 8.63. The Labute approximate surface area is 194 Å². The molecule has 2 N–H and O–H groups in total. The van der Waals surface area contributed by atoms with Crippen LogP contribution in [0.2, 0.25) is 0 Å². The van der Waals surface area contributed by atoms with Crippen LogP contribution in [-0.2, 0) is 16.0 Å². The molecule has 2 heterocycles. The molecule has 0 unspecified atom stereocenters. The van der Waals surface area contributed by atoms with Gasteiger partial charge in [-0.15, -0.1) is 11.8 Å². The van der Waals surface area contributed by atoms with Crippen molar-refractivity contribution in [2.75, 3.05) is 23.5 Å². The molecular formula is C20H20Cl3N3O3S. The Kier molecular flexibility index (Phi) is 6.28. The number of carbonyl (C=O) groups is 1. The highest BCUT2D eigenvalue weighted by atomic mass is 35.6. The number of thioether (sulfide) groups is 1. The molecule has 2 aromatic rings. The van der Waals surface area contributed by atoms with Gasteiger partial charge in [-0.05, 0) is 49.8 Å². The van der Waals surface area contributed by atoms with Gasteiger partial charge in [-0.2, -0.15) is 0 Å². The van der Waals surface area contributed by atoms with Gasteiger partial charge < -0.3 is 20.1 Å². The summed E-state index contributed by atoms with van der Waals surface area (Å²) in [6.07, 6.45) is 6.33. The molecule has 0 spiro atoms. The third-order valence-corrected chi connectivity index (χ3v) is 5.96. The molecule has 160 valence electrons. The van der Waals surface area contributed by atoms with Crippen LogP contribution in [0.3, 0.4) is 0 Å². The molecule has 1 aliphatic heterocycles. The minimum atomic E-state index is -1.44. The molecule has 2 aliphatic rings. The normalized spacial score (nSPS) is 17.1. The van der Waals surface area contributed by atoms with Crippen molar-refractivity contribution in [1.29, 1.82) is 0 Å². The van der Waals surface area contributed by atoms with Gasteiger partial charge in [0.05, 0.1) is 12.3 Å². The number of aromatic nitrogens is 1. The monoisotopic (exact) mass is 487 g/mol. The zero-order valence-corrected chi connectivity index (χ0v) is 19.2. The molecule has 10 heteroatoms. The van der Waals surface area contributed by atoms with Crippen molar-refractivity contribution in [3.8, 4) is 11.5 Å². The highest BCUT2D eigenvalue weighted by Gasteiger charge is 2.46. The molecular weight excluding hydrogens is 469 g/mol. The summed E-state index contributed by atoms with van der Waals surface area (Å²) in [6.45, 7) is 0.0180. The Hall–Kier alpha value is -1.38. The van der Waals surface area contributed by atoms with Crippen molar-refractivity contribution in [2.45, 2.75) is 40.1 Å². The number of benzene rings is 1. The van der Waals surface area contributed by atoms with E-state index in [0.29, 0.717) is 30.2 Å². The van der Waals surface area contributed by atoms with Crippen LogP contribution in [0.25, 0.3) is 0 Å². The van der Waals surface area contributed by atoms with Crippen LogP contribution in [0.5, 0.6) is 11.5 Å². The lowest BCUT2D eigenvalue weighted by atomic mass is 10.1. The molecule has 1 aromatic carbocycles. The van der Waals surface area contributed by atoms with Gasteiger partial charge in [0.15, 0.2) is 0 Å². The maximum Gasteiger partial charge on any atom is 0.225 e. The van der Waals surface area contributed by atoms with Crippen molar-refractivity contribution in [1.82, 2.24) is 4.98 Å². The predicted molar refractivity (Wildman–Crippen MR) is 121 cm³/mol. The number of anilines is 2. The smallest absolute Gasteiger partial charge is 0.225 e. The van der Waals surface area contributed by atoms with E-state index in [0.717, 1.165) is 29.0 Å². The largest absolute Gasteiger partial charge is 0.457 e. The number of nitrogens with one attached hydrogen (secondary N) is 2. The summed E-state index contributed by atoms with van der Waals surface area (Å²) in [4.78, 5) is 16.8. The van der Waals surface area contributed by atoms with Gasteiger partial charge in [0.25, 0.3) is 0 Å². The fourth-order valence-corrected chi connectivity index (χ4v) is 3.94. The molecule has 30 heavy (non-hydrogen) atoms. The fourth-order valence-electron chi connectivity index (χ4n) is 3.20. The van der Waals surface area contributed by atoms with Gasteiger partial charge >= 0.3 is 0 Å². The molecule has 0 atom stereocenters. The van der Waals surface area contributed by atoms with Gasteiger partial charge in [-0.1, -0.05) is 34.8 Å². The maximum atomic E-state index is 11.6. The van der Waals surface area contributed by atoms with E-state index in [1.807, 2.05) is 30.5 Å². The van der Waals surface area contributed by atoms with Crippen molar-refractivity contribution in [3.63, 3.8) is 0 Å². The van der Waals surface area contributed by atoms with Gasteiger partial charge in [0, 0.05) is 23.1 Å². The molecule has 6 nitrogen and oxygen atoms in total. The zero-order valence-electron chi connectivity index (χ0n) is 16.1. The van der Waals surface area contributed by atoms with E-state index >= 15 is 0 Å². The van der Waals surface area contributed by atoms with Crippen LogP contribution in [0.15, 0.2) is 35.4 Å². The van der Waals surface area contributed by atoms with E-state index in [-0.39, 0.29) is 12.5 Å². The van der Waals surface area contributed by atoms with Crippen LogP contribution >= 0.6 is 46.6 Å². The van der Waals surface area contributed by atoms with Crippen LogP contribution in [0.4, 0.5) is 11.5 Å². The van der Waals surface area contributed by atoms with Crippen LogP contribution < -0.4 is 15.4 Å². The molecule has 1 aliphatic carbocycles. The molecule has 4 rings (SSSR count). The lowest BCUT2D eigenvalue weighted by Gasteiger charge is -2.24. The zero-order chi connectivity index (χ0) is 21.4. The standard InChI is InChI=1S/C20H20Cl3N3O3S/c1-30-16-10-12(29-15-6-9-24-18-13(15)3-5-17(27)25-18)2-4-14(16)26-19(7-8-19)28-11-20(21,22)23/h2,4,6,9-10,26H,3,5,7-8,11H2,1H3,(H,24,25,27). The molecule has 0 saturated heterocycles. The van der Waals surface area contributed by atoms with Gasteiger partial charge in [0.2, 0.25) is 9.70 Å². The summed E-state index contributed by atoms with van der Waals surface area (Å²) in [5, 5.41) is 6.22. The first kappa shape index (κ1) is 21.8. The van der Waals surface area contributed by atoms with Crippen molar-refractivity contribution in [3.05, 3.63) is 36.0 Å². The maximum absolute atomic E-state index is 11.6. The molecule has 1 saturated carbocycles. The molecule has 0 radical (unpaired) electrons. The third kappa shape index (κ3) is 5.26. The van der Waals surface area contributed by atoms with Gasteiger partial charge in [-0.25, -0.2) is 4.98 Å².